The number of hydrogen-bond donors (Lipinski definition) is 3. The van der Waals surface area contributed by atoms with Gasteiger partial charge < -0.3 is 21.0 Å². The molecule has 0 unspecified atom stereocenters. The first kappa shape index (κ1) is 18.7. The summed E-state index contributed by atoms with van der Waals surface area (Å²) in [6.07, 6.45) is 3.62. The molecule has 1 heterocycles. The highest BCUT2D eigenvalue weighted by Gasteiger charge is 2.24. The molecule has 0 aromatic carbocycles. The summed E-state index contributed by atoms with van der Waals surface area (Å²) in [7, 11) is -1.09. The summed E-state index contributed by atoms with van der Waals surface area (Å²) in [6.45, 7) is 7.43. The standard InChI is InChI=1S/C7H12N2O3.C6H14OSi/c1-2-3-4(6(9)10)5(8)7(11)12;1-8(2)6-4-3-5-7-8/h2-3,8H2,1H3,(H2,9,10)(H,11,12);3-6H2,1-2H3. The number of carbonyl (C=O) groups is 2. The highest BCUT2D eigenvalue weighted by atomic mass is 28.4. The van der Waals surface area contributed by atoms with Crippen LogP contribution in [0.3, 0.4) is 0 Å². The van der Waals surface area contributed by atoms with Gasteiger partial charge in [0, 0.05) is 12.2 Å². The summed E-state index contributed by atoms with van der Waals surface area (Å²) in [5.41, 5.74) is 9.58. The third kappa shape index (κ3) is 7.30. The van der Waals surface area contributed by atoms with E-state index in [1.165, 1.54) is 18.9 Å². The van der Waals surface area contributed by atoms with Crippen LogP contribution in [0.5, 0.6) is 0 Å². The molecule has 0 aliphatic carbocycles. The van der Waals surface area contributed by atoms with Crippen molar-refractivity contribution in [1.29, 1.82) is 0 Å². The summed E-state index contributed by atoms with van der Waals surface area (Å²) in [6, 6.07) is 1.37. The van der Waals surface area contributed by atoms with Crippen LogP contribution in [0.2, 0.25) is 19.1 Å². The predicted octanol–water partition coefficient (Wildman–Crippen LogP) is 1.57. The largest absolute Gasteiger partial charge is 0.477 e. The Hall–Kier alpha value is -1.34. The van der Waals surface area contributed by atoms with E-state index in [1.54, 1.807) is 6.92 Å². The Bertz CT molecular complexity index is 373. The van der Waals surface area contributed by atoms with Crippen molar-refractivity contribution in [2.45, 2.75) is 51.7 Å². The zero-order chi connectivity index (χ0) is 15.8. The molecule has 0 radical (unpaired) electrons. The first-order chi connectivity index (χ1) is 9.21. The lowest BCUT2D eigenvalue weighted by Gasteiger charge is -2.27. The number of carboxylic acids is 1. The van der Waals surface area contributed by atoms with E-state index in [1.807, 2.05) is 0 Å². The molecule has 1 saturated heterocycles. The van der Waals surface area contributed by atoms with Gasteiger partial charge in [-0.1, -0.05) is 19.8 Å². The lowest BCUT2D eigenvalue weighted by atomic mass is 10.1. The van der Waals surface area contributed by atoms with Crippen LogP contribution < -0.4 is 11.5 Å². The fraction of sp³-hybridized carbons (Fsp3) is 0.692. The average Bonchev–Trinajstić information content (AvgIpc) is 2.35. The quantitative estimate of drug-likeness (QED) is 0.538. The number of primary amides is 1. The van der Waals surface area contributed by atoms with Crippen LogP contribution in [0.25, 0.3) is 0 Å². The Morgan fingerprint density at radius 3 is 2.10 bits per heavy atom. The molecule has 1 amide bonds. The van der Waals surface area contributed by atoms with Gasteiger partial charge in [-0.25, -0.2) is 4.79 Å². The highest BCUT2D eigenvalue weighted by molar-refractivity contribution is 6.71. The van der Waals surface area contributed by atoms with Gasteiger partial charge in [0.25, 0.3) is 0 Å². The molecule has 5 N–H and O–H groups in total. The van der Waals surface area contributed by atoms with Crippen LogP contribution in [0, 0.1) is 0 Å². The van der Waals surface area contributed by atoms with Crippen LogP contribution >= 0.6 is 0 Å². The fourth-order valence-electron chi connectivity index (χ4n) is 1.84. The normalized spacial score (nSPS) is 18.4. The van der Waals surface area contributed by atoms with Gasteiger partial charge in [-0.05, 0) is 32.0 Å². The van der Waals surface area contributed by atoms with E-state index in [0.29, 0.717) is 12.8 Å². The topological polar surface area (TPSA) is 116 Å². The van der Waals surface area contributed by atoms with E-state index < -0.39 is 25.9 Å². The van der Waals surface area contributed by atoms with Gasteiger partial charge in [-0.3, -0.25) is 4.79 Å². The Morgan fingerprint density at radius 1 is 1.25 bits per heavy atom. The molecule has 6 nitrogen and oxygen atoms in total. The van der Waals surface area contributed by atoms with Crippen LogP contribution in [0.15, 0.2) is 11.3 Å². The van der Waals surface area contributed by atoms with Gasteiger partial charge in [0.05, 0.1) is 0 Å². The molecule has 0 bridgehead atoms. The molecule has 0 saturated carbocycles. The maximum Gasteiger partial charge on any atom is 0.352 e. The van der Waals surface area contributed by atoms with Gasteiger partial charge in [0.2, 0.25) is 5.91 Å². The first-order valence-electron chi connectivity index (χ1n) is 6.87. The maximum atomic E-state index is 10.7. The molecule has 0 aromatic heterocycles. The molecule has 0 atom stereocenters. The van der Waals surface area contributed by atoms with Crippen LogP contribution in [0.4, 0.5) is 0 Å². The molecule has 0 spiro atoms. The van der Waals surface area contributed by atoms with Crippen molar-refractivity contribution < 1.29 is 19.1 Å². The zero-order valence-corrected chi connectivity index (χ0v) is 13.6. The van der Waals surface area contributed by atoms with Gasteiger partial charge in [-0.2, -0.15) is 0 Å². The molecule has 20 heavy (non-hydrogen) atoms. The third-order valence-electron chi connectivity index (χ3n) is 3.02. The molecule has 1 rings (SSSR count). The average molecular weight is 302 g/mol. The predicted molar refractivity (Wildman–Crippen MR) is 80.4 cm³/mol. The van der Waals surface area contributed by atoms with Crippen molar-refractivity contribution in [1.82, 2.24) is 0 Å². The summed E-state index contributed by atoms with van der Waals surface area (Å²) in [5.74, 6) is -2.07. The number of hydrogen-bond acceptors (Lipinski definition) is 4. The summed E-state index contributed by atoms with van der Waals surface area (Å²) in [5, 5.41) is 8.44. The minimum absolute atomic E-state index is 0.00926. The third-order valence-corrected chi connectivity index (χ3v) is 5.56. The number of amides is 1. The Balaban J connectivity index is 0.000000388. The number of rotatable bonds is 4. The summed E-state index contributed by atoms with van der Waals surface area (Å²) >= 11 is 0. The van der Waals surface area contributed by atoms with E-state index >= 15 is 0 Å². The van der Waals surface area contributed by atoms with E-state index in [4.69, 9.17) is 21.0 Å². The summed E-state index contributed by atoms with van der Waals surface area (Å²) in [4.78, 5) is 21.0. The lowest BCUT2D eigenvalue weighted by molar-refractivity contribution is -0.133. The van der Waals surface area contributed by atoms with E-state index in [0.717, 1.165) is 6.61 Å². The smallest absolute Gasteiger partial charge is 0.352 e. The molecule has 1 fully saturated rings. The van der Waals surface area contributed by atoms with Crippen LogP contribution in [0.1, 0.15) is 32.6 Å². The van der Waals surface area contributed by atoms with Gasteiger partial charge in [-0.15, -0.1) is 0 Å². The number of nitrogens with two attached hydrogens (primary N) is 2. The molecule has 1 aliphatic heterocycles. The van der Waals surface area contributed by atoms with Crippen molar-refractivity contribution in [3.63, 3.8) is 0 Å². The van der Waals surface area contributed by atoms with Gasteiger partial charge in [0.15, 0.2) is 8.32 Å². The second-order valence-electron chi connectivity index (χ2n) is 5.38. The monoisotopic (exact) mass is 302 g/mol. The highest BCUT2D eigenvalue weighted by Crippen LogP contribution is 2.20. The Labute approximate surface area is 121 Å². The van der Waals surface area contributed by atoms with Gasteiger partial charge >= 0.3 is 5.97 Å². The number of carboxylic acid groups (broad SMARTS) is 1. The van der Waals surface area contributed by atoms with E-state index in [-0.39, 0.29) is 5.57 Å². The molecular formula is C13H26N2O4Si. The Morgan fingerprint density at radius 2 is 1.85 bits per heavy atom. The molecular weight excluding hydrogens is 276 g/mol. The maximum absolute atomic E-state index is 10.7. The fourth-order valence-corrected chi connectivity index (χ4v) is 3.79. The number of carbonyl (C=O) groups excluding carboxylic acids is 1. The Kier molecular flexibility index (Phi) is 8.17. The van der Waals surface area contributed by atoms with Crippen molar-refractivity contribution in [2.24, 2.45) is 11.5 Å². The minimum Gasteiger partial charge on any atom is -0.477 e. The summed E-state index contributed by atoms with van der Waals surface area (Å²) < 4.78 is 5.60. The molecule has 1 aliphatic rings. The second kappa shape index (κ2) is 8.75. The first-order valence-corrected chi connectivity index (χ1v) is 9.98. The lowest BCUT2D eigenvalue weighted by Crippen LogP contribution is -2.33. The van der Waals surface area contributed by atoms with Gasteiger partial charge in [0.1, 0.15) is 5.70 Å². The zero-order valence-electron chi connectivity index (χ0n) is 12.6. The van der Waals surface area contributed by atoms with Crippen molar-refractivity contribution in [2.75, 3.05) is 6.61 Å². The van der Waals surface area contributed by atoms with Crippen molar-refractivity contribution >= 4 is 20.2 Å². The van der Waals surface area contributed by atoms with E-state index in [2.05, 4.69) is 13.1 Å². The minimum atomic E-state index is -1.31. The SMILES string of the molecule is CCCC(C(N)=O)=C(N)C(=O)O.C[Si]1(C)CCCCO1. The second-order valence-corrected chi connectivity index (χ2v) is 9.68. The van der Waals surface area contributed by atoms with Crippen LogP contribution in [-0.4, -0.2) is 31.9 Å². The van der Waals surface area contributed by atoms with Crippen LogP contribution in [-0.2, 0) is 14.0 Å². The number of aliphatic carboxylic acids is 1. The molecule has 7 heteroatoms. The van der Waals surface area contributed by atoms with Crippen molar-refractivity contribution in [3.05, 3.63) is 11.3 Å². The molecule has 0 aromatic rings. The van der Waals surface area contributed by atoms with Crippen molar-refractivity contribution in [3.8, 4) is 0 Å². The van der Waals surface area contributed by atoms with E-state index in [9.17, 15) is 9.59 Å². The molecule has 116 valence electrons.